The fourth-order valence-electron chi connectivity index (χ4n) is 1.33. The van der Waals surface area contributed by atoms with Crippen molar-refractivity contribution in [2.45, 2.75) is 0 Å². The fraction of sp³-hybridized carbons (Fsp3) is 0.143. The van der Waals surface area contributed by atoms with E-state index < -0.39 is 5.91 Å². The Morgan fingerprint density at radius 3 is 2.86 bits per heavy atom. The number of carbonyl (C=O) groups excluding carboxylic acids is 1. The summed E-state index contributed by atoms with van der Waals surface area (Å²) >= 11 is 0. The molecule has 0 aliphatic heterocycles. The van der Waals surface area contributed by atoms with Crippen molar-refractivity contribution in [3.05, 3.63) is 12.0 Å². The van der Waals surface area contributed by atoms with Gasteiger partial charge in [-0.25, -0.2) is 9.97 Å². The topological polar surface area (TPSA) is 113 Å². The van der Waals surface area contributed by atoms with Crippen LogP contribution in [0.2, 0.25) is 0 Å². The van der Waals surface area contributed by atoms with Crippen molar-refractivity contribution in [3.63, 3.8) is 0 Å². The van der Waals surface area contributed by atoms with Crippen molar-refractivity contribution in [1.29, 1.82) is 0 Å². The van der Waals surface area contributed by atoms with Gasteiger partial charge < -0.3 is 11.5 Å². The van der Waals surface area contributed by atoms with Crippen LogP contribution in [0.5, 0.6) is 0 Å². The van der Waals surface area contributed by atoms with E-state index in [-0.39, 0.29) is 11.5 Å². The van der Waals surface area contributed by atoms with Gasteiger partial charge in [0.1, 0.15) is 17.8 Å². The predicted molar refractivity (Wildman–Crippen MR) is 49.2 cm³/mol. The molecule has 14 heavy (non-hydrogen) atoms. The highest BCUT2D eigenvalue weighted by molar-refractivity contribution is 6.06. The first-order chi connectivity index (χ1) is 6.61. The number of primary amides is 1. The van der Waals surface area contributed by atoms with Gasteiger partial charge in [-0.3, -0.25) is 9.48 Å². The fourth-order valence-corrected chi connectivity index (χ4v) is 1.33. The van der Waals surface area contributed by atoms with Gasteiger partial charge in [0.25, 0.3) is 5.91 Å². The molecule has 7 heteroatoms. The Morgan fingerprint density at radius 2 is 2.21 bits per heavy atom. The number of nitrogens with zero attached hydrogens (tertiary/aromatic N) is 4. The summed E-state index contributed by atoms with van der Waals surface area (Å²) < 4.78 is 1.35. The van der Waals surface area contributed by atoms with E-state index in [4.69, 9.17) is 11.5 Å². The molecular formula is C7H8N6O. The van der Waals surface area contributed by atoms with E-state index in [2.05, 4.69) is 15.1 Å². The molecule has 0 atom stereocenters. The Morgan fingerprint density at radius 1 is 1.50 bits per heavy atom. The van der Waals surface area contributed by atoms with Gasteiger partial charge in [-0.05, 0) is 0 Å². The summed E-state index contributed by atoms with van der Waals surface area (Å²) in [4.78, 5) is 18.7. The van der Waals surface area contributed by atoms with E-state index in [1.165, 1.54) is 11.0 Å². The minimum Gasteiger partial charge on any atom is -0.383 e. The van der Waals surface area contributed by atoms with E-state index in [0.29, 0.717) is 11.0 Å². The molecule has 7 nitrogen and oxygen atoms in total. The molecule has 0 aromatic carbocycles. The zero-order chi connectivity index (χ0) is 10.3. The van der Waals surface area contributed by atoms with Crippen molar-refractivity contribution in [3.8, 4) is 0 Å². The number of hydrogen-bond acceptors (Lipinski definition) is 5. The number of aromatic nitrogens is 4. The maximum Gasteiger partial charge on any atom is 0.267 e. The smallest absolute Gasteiger partial charge is 0.267 e. The van der Waals surface area contributed by atoms with Gasteiger partial charge in [0.2, 0.25) is 0 Å². The highest BCUT2D eigenvalue weighted by Gasteiger charge is 2.17. The van der Waals surface area contributed by atoms with E-state index in [0.717, 1.165) is 0 Å². The highest BCUT2D eigenvalue weighted by Crippen LogP contribution is 2.19. The van der Waals surface area contributed by atoms with Crippen molar-refractivity contribution < 1.29 is 4.79 Å². The molecule has 72 valence electrons. The summed E-state index contributed by atoms with van der Waals surface area (Å²) in [5.41, 5.74) is 11.4. The van der Waals surface area contributed by atoms with Crippen LogP contribution in [-0.4, -0.2) is 25.7 Å². The van der Waals surface area contributed by atoms with E-state index in [1.54, 1.807) is 7.05 Å². The summed E-state index contributed by atoms with van der Waals surface area (Å²) in [6.45, 7) is 0. The van der Waals surface area contributed by atoms with Gasteiger partial charge in [0.05, 0.1) is 5.39 Å². The van der Waals surface area contributed by atoms with Crippen LogP contribution in [0.3, 0.4) is 0 Å². The number of aryl methyl sites for hydroxylation is 1. The Labute approximate surface area is 78.7 Å². The van der Waals surface area contributed by atoms with Crippen molar-refractivity contribution in [2.75, 3.05) is 5.73 Å². The number of amides is 1. The Bertz CT molecular complexity index is 516. The first-order valence-electron chi connectivity index (χ1n) is 3.84. The lowest BCUT2D eigenvalue weighted by molar-refractivity contribution is 0.0993. The summed E-state index contributed by atoms with van der Waals surface area (Å²) in [6, 6.07) is 0. The van der Waals surface area contributed by atoms with Crippen LogP contribution in [0.4, 0.5) is 5.82 Å². The second-order valence-corrected chi connectivity index (χ2v) is 2.79. The van der Waals surface area contributed by atoms with Crippen molar-refractivity contribution >= 4 is 22.8 Å². The summed E-state index contributed by atoms with van der Waals surface area (Å²) in [7, 11) is 1.60. The third kappa shape index (κ3) is 0.987. The third-order valence-electron chi connectivity index (χ3n) is 1.90. The van der Waals surface area contributed by atoms with Crippen LogP contribution in [0.1, 0.15) is 10.5 Å². The lowest BCUT2D eigenvalue weighted by atomic mass is 10.2. The molecule has 4 N–H and O–H groups in total. The predicted octanol–water partition coefficient (Wildman–Crippen LogP) is -0.956. The lowest BCUT2D eigenvalue weighted by Gasteiger charge is -1.96. The van der Waals surface area contributed by atoms with Gasteiger partial charge >= 0.3 is 0 Å². The number of anilines is 1. The number of hydrogen-bond donors (Lipinski definition) is 2. The molecule has 0 fully saturated rings. The van der Waals surface area contributed by atoms with Gasteiger partial charge in [0, 0.05) is 7.05 Å². The average molecular weight is 192 g/mol. The molecule has 0 saturated carbocycles. The first-order valence-corrected chi connectivity index (χ1v) is 3.84. The monoisotopic (exact) mass is 192 g/mol. The Balaban J connectivity index is 2.93. The molecule has 0 bridgehead atoms. The van der Waals surface area contributed by atoms with Gasteiger partial charge in [-0.15, -0.1) is 0 Å². The second-order valence-electron chi connectivity index (χ2n) is 2.79. The molecule has 0 aliphatic rings. The molecule has 0 saturated heterocycles. The van der Waals surface area contributed by atoms with Crippen LogP contribution in [0.25, 0.3) is 11.0 Å². The number of rotatable bonds is 1. The van der Waals surface area contributed by atoms with Crippen molar-refractivity contribution in [2.24, 2.45) is 12.8 Å². The SMILES string of the molecule is Cn1nc2ncnc(N)c2c1C(N)=O. The lowest BCUT2D eigenvalue weighted by Crippen LogP contribution is -2.16. The normalized spacial score (nSPS) is 10.6. The minimum absolute atomic E-state index is 0.205. The van der Waals surface area contributed by atoms with E-state index >= 15 is 0 Å². The quantitative estimate of drug-likeness (QED) is 0.604. The highest BCUT2D eigenvalue weighted by atomic mass is 16.1. The van der Waals surface area contributed by atoms with Gasteiger partial charge in [0.15, 0.2) is 5.65 Å². The summed E-state index contributed by atoms with van der Waals surface area (Å²) in [5.74, 6) is -0.395. The molecule has 2 aromatic heterocycles. The zero-order valence-corrected chi connectivity index (χ0v) is 7.43. The summed E-state index contributed by atoms with van der Waals surface area (Å²) in [6.07, 6.45) is 1.29. The zero-order valence-electron chi connectivity index (χ0n) is 7.43. The molecule has 0 spiro atoms. The molecular weight excluding hydrogens is 184 g/mol. The Kier molecular flexibility index (Phi) is 1.60. The van der Waals surface area contributed by atoms with Crippen LogP contribution in [0.15, 0.2) is 6.33 Å². The molecule has 1 amide bonds. The van der Waals surface area contributed by atoms with Crippen molar-refractivity contribution in [1.82, 2.24) is 19.7 Å². The van der Waals surface area contributed by atoms with Crippen LogP contribution >= 0.6 is 0 Å². The molecule has 0 radical (unpaired) electrons. The van der Waals surface area contributed by atoms with Gasteiger partial charge in [-0.1, -0.05) is 0 Å². The number of carbonyl (C=O) groups is 1. The molecule has 2 heterocycles. The molecule has 2 rings (SSSR count). The molecule has 0 aliphatic carbocycles. The molecule has 2 aromatic rings. The Hall–Kier alpha value is -2.18. The maximum absolute atomic E-state index is 11.1. The summed E-state index contributed by atoms with van der Waals surface area (Å²) in [5, 5.41) is 4.38. The van der Waals surface area contributed by atoms with Crippen LogP contribution in [-0.2, 0) is 7.05 Å². The van der Waals surface area contributed by atoms with Gasteiger partial charge in [-0.2, -0.15) is 5.10 Å². The third-order valence-corrected chi connectivity index (χ3v) is 1.90. The van der Waals surface area contributed by atoms with Crippen LogP contribution in [0, 0.1) is 0 Å². The maximum atomic E-state index is 11.1. The number of fused-ring (bicyclic) bond motifs is 1. The standard InChI is InChI=1S/C7H8N6O/c1-13-4(6(9)14)3-5(8)10-2-11-7(3)12-13/h2H,1H3,(H2,9,14)(H2,8,10,11,12). The first kappa shape index (κ1) is 8.42. The van der Waals surface area contributed by atoms with Crippen LogP contribution < -0.4 is 11.5 Å². The second kappa shape index (κ2) is 2.66. The van der Waals surface area contributed by atoms with E-state index in [1.807, 2.05) is 0 Å². The average Bonchev–Trinajstić information content (AvgIpc) is 2.42. The number of nitrogen functional groups attached to an aromatic ring is 1. The van der Waals surface area contributed by atoms with E-state index in [9.17, 15) is 4.79 Å². The minimum atomic E-state index is -0.600. The largest absolute Gasteiger partial charge is 0.383 e. The molecule has 0 unspecified atom stereocenters. The number of nitrogens with two attached hydrogens (primary N) is 2.